The van der Waals surface area contributed by atoms with E-state index >= 15 is 0 Å². The molecule has 1 aliphatic heterocycles. The van der Waals surface area contributed by atoms with Crippen LogP contribution in [0.4, 0.5) is 11.4 Å². The standard InChI is InChI=1S/C22H20N6O3S/c1-14(28-17-5-3-4-6-18(17)31-12-20(28)30)21-25-26-22(27(21)2)32-13-19(29)24-16-9-7-15(11-23)8-10-16/h3-10,14H,12-13H2,1-2H3,(H,24,29)/t14-/m0/s1. The van der Waals surface area contributed by atoms with Crippen molar-refractivity contribution >= 4 is 35.0 Å². The Kier molecular flexibility index (Phi) is 6.09. The summed E-state index contributed by atoms with van der Waals surface area (Å²) >= 11 is 1.25. The highest BCUT2D eigenvalue weighted by Crippen LogP contribution is 2.37. The molecule has 2 heterocycles. The van der Waals surface area contributed by atoms with Crippen LogP contribution in [0.5, 0.6) is 5.75 Å². The maximum atomic E-state index is 12.6. The molecule has 9 nitrogen and oxygen atoms in total. The number of carbonyl (C=O) groups excluding carboxylic acids is 2. The first-order valence-corrected chi connectivity index (χ1v) is 10.8. The minimum Gasteiger partial charge on any atom is -0.482 e. The smallest absolute Gasteiger partial charge is 0.265 e. The van der Waals surface area contributed by atoms with Crippen LogP contribution in [0.15, 0.2) is 53.7 Å². The van der Waals surface area contributed by atoms with E-state index in [2.05, 4.69) is 15.5 Å². The summed E-state index contributed by atoms with van der Waals surface area (Å²) in [6.45, 7) is 1.85. The number of nitrogens with zero attached hydrogens (tertiary/aromatic N) is 5. The molecule has 1 aliphatic rings. The number of ether oxygens (including phenoxy) is 1. The number of thioether (sulfide) groups is 1. The molecule has 2 aromatic carbocycles. The number of fused-ring (bicyclic) bond motifs is 1. The van der Waals surface area contributed by atoms with E-state index in [1.165, 1.54) is 11.8 Å². The van der Waals surface area contributed by atoms with Crippen LogP contribution in [0.1, 0.15) is 24.4 Å². The summed E-state index contributed by atoms with van der Waals surface area (Å²) in [5, 5.41) is 20.7. The van der Waals surface area contributed by atoms with Gasteiger partial charge < -0.3 is 14.6 Å². The Morgan fingerprint density at radius 1 is 1.25 bits per heavy atom. The minimum atomic E-state index is -0.369. The Morgan fingerprint density at radius 3 is 2.75 bits per heavy atom. The number of anilines is 2. The van der Waals surface area contributed by atoms with Gasteiger partial charge in [0.1, 0.15) is 5.75 Å². The van der Waals surface area contributed by atoms with E-state index in [0.717, 1.165) is 0 Å². The molecule has 1 atom stereocenters. The third-order valence-corrected chi connectivity index (χ3v) is 6.02. The molecular weight excluding hydrogens is 428 g/mol. The van der Waals surface area contributed by atoms with Crippen molar-refractivity contribution in [3.63, 3.8) is 0 Å². The molecule has 0 aliphatic carbocycles. The van der Waals surface area contributed by atoms with Crippen molar-refractivity contribution < 1.29 is 14.3 Å². The maximum absolute atomic E-state index is 12.6. The monoisotopic (exact) mass is 448 g/mol. The topological polar surface area (TPSA) is 113 Å². The van der Waals surface area contributed by atoms with Crippen molar-refractivity contribution in [1.29, 1.82) is 5.26 Å². The third-order valence-electron chi connectivity index (χ3n) is 5.00. The molecule has 0 unspecified atom stereocenters. The van der Waals surface area contributed by atoms with E-state index in [1.54, 1.807) is 33.7 Å². The van der Waals surface area contributed by atoms with E-state index < -0.39 is 0 Å². The van der Waals surface area contributed by atoms with Crippen LogP contribution in [0, 0.1) is 11.3 Å². The van der Waals surface area contributed by atoms with Gasteiger partial charge in [0, 0.05) is 12.7 Å². The highest BCUT2D eigenvalue weighted by Gasteiger charge is 2.32. The predicted molar refractivity (Wildman–Crippen MR) is 119 cm³/mol. The van der Waals surface area contributed by atoms with Gasteiger partial charge in [-0.1, -0.05) is 23.9 Å². The summed E-state index contributed by atoms with van der Waals surface area (Å²) < 4.78 is 7.30. The molecule has 2 amide bonds. The Morgan fingerprint density at radius 2 is 2.00 bits per heavy atom. The summed E-state index contributed by atoms with van der Waals surface area (Å²) in [6, 6.07) is 15.7. The lowest BCUT2D eigenvalue weighted by Crippen LogP contribution is -2.41. The van der Waals surface area contributed by atoms with E-state index in [-0.39, 0.29) is 30.2 Å². The second-order valence-corrected chi connectivity index (χ2v) is 8.06. The van der Waals surface area contributed by atoms with Crippen molar-refractivity contribution in [2.75, 3.05) is 22.6 Å². The average Bonchev–Trinajstić information content (AvgIpc) is 3.18. The number of nitrogens with one attached hydrogen (secondary N) is 1. The highest BCUT2D eigenvalue weighted by molar-refractivity contribution is 7.99. The van der Waals surface area contributed by atoms with E-state index in [9.17, 15) is 9.59 Å². The number of nitriles is 1. The van der Waals surface area contributed by atoms with Crippen LogP contribution in [0.2, 0.25) is 0 Å². The van der Waals surface area contributed by atoms with E-state index in [4.69, 9.17) is 10.00 Å². The summed E-state index contributed by atoms with van der Waals surface area (Å²) in [5.74, 6) is 1.03. The molecule has 1 N–H and O–H groups in total. The zero-order valence-electron chi connectivity index (χ0n) is 17.5. The molecule has 0 bridgehead atoms. The van der Waals surface area contributed by atoms with Crippen LogP contribution in [0.25, 0.3) is 0 Å². The highest BCUT2D eigenvalue weighted by atomic mass is 32.2. The zero-order chi connectivity index (χ0) is 22.7. The van der Waals surface area contributed by atoms with Gasteiger partial charge in [-0.2, -0.15) is 5.26 Å². The molecule has 0 spiro atoms. The van der Waals surface area contributed by atoms with Crippen LogP contribution < -0.4 is 15.0 Å². The normalized spacial score (nSPS) is 13.7. The van der Waals surface area contributed by atoms with Crippen LogP contribution >= 0.6 is 11.8 Å². The summed E-state index contributed by atoms with van der Waals surface area (Å²) in [6.07, 6.45) is 0. The number of aromatic nitrogens is 3. The average molecular weight is 449 g/mol. The Labute approximate surface area is 189 Å². The van der Waals surface area contributed by atoms with Crippen LogP contribution in [-0.2, 0) is 16.6 Å². The molecule has 0 saturated carbocycles. The molecule has 0 saturated heterocycles. The largest absolute Gasteiger partial charge is 0.482 e. The number of hydrogen-bond acceptors (Lipinski definition) is 7. The predicted octanol–water partition coefficient (Wildman–Crippen LogP) is 2.90. The molecule has 162 valence electrons. The molecule has 1 aromatic heterocycles. The minimum absolute atomic E-state index is 0.0314. The maximum Gasteiger partial charge on any atom is 0.265 e. The number of rotatable bonds is 6. The molecule has 32 heavy (non-hydrogen) atoms. The van der Waals surface area contributed by atoms with Gasteiger partial charge in [0.25, 0.3) is 5.91 Å². The number of carbonyl (C=O) groups is 2. The Bertz CT molecular complexity index is 1200. The van der Waals surface area contributed by atoms with E-state index in [0.29, 0.717) is 33.7 Å². The first-order valence-electron chi connectivity index (χ1n) is 9.84. The fourth-order valence-corrected chi connectivity index (χ4v) is 4.15. The quantitative estimate of drug-likeness (QED) is 0.577. The Balaban J connectivity index is 1.43. The van der Waals surface area contributed by atoms with Gasteiger partial charge in [-0.15, -0.1) is 10.2 Å². The lowest BCUT2D eigenvalue weighted by Gasteiger charge is -2.33. The molecular formula is C22H20N6O3S. The van der Waals surface area contributed by atoms with Crippen molar-refractivity contribution in [3.05, 3.63) is 59.9 Å². The molecule has 0 radical (unpaired) electrons. The molecule has 4 rings (SSSR count). The number of amides is 2. The van der Waals surface area contributed by atoms with Gasteiger partial charge >= 0.3 is 0 Å². The number of hydrogen-bond donors (Lipinski definition) is 1. The summed E-state index contributed by atoms with van der Waals surface area (Å²) in [7, 11) is 1.81. The van der Waals surface area contributed by atoms with Crippen LogP contribution in [-0.4, -0.2) is 38.9 Å². The van der Waals surface area contributed by atoms with Gasteiger partial charge in [0.2, 0.25) is 5.91 Å². The van der Waals surface area contributed by atoms with Gasteiger partial charge in [0.15, 0.2) is 17.6 Å². The first kappa shape index (κ1) is 21.4. The molecule has 0 fully saturated rings. The Hall–Kier alpha value is -3.84. The fraction of sp³-hybridized carbons (Fsp3) is 0.227. The zero-order valence-corrected chi connectivity index (χ0v) is 18.3. The second-order valence-electron chi connectivity index (χ2n) is 7.12. The van der Waals surface area contributed by atoms with Gasteiger partial charge in [-0.05, 0) is 43.3 Å². The van der Waals surface area contributed by atoms with Gasteiger partial charge in [-0.3, -0.25) is 14.5 Å². The van der Waals surface area contributed by atoms with Crippen molar-refractivity contribution in [3.8, 4) is 11.8 Å². The second kappa shape index (κ2) is 9.11. The molecule has 3 aromatic rings. The fourth-order valence-electron chi connectivity index (χ4n) is 3.43. The van der Waals surface area contributed by atoms with Crippen LogP contribution in [0.3, 0.4) is 0 Å². The SMILES string of the molecule is C[C@@H](c1nnc(SCC(=O)Nc2ccc(C#N)cc2)n1C)N1C(=O)COc2ccccc21. The third kappa shape index (κ3) is 4.29. The van der Waals surface area contributed by atoms with Crippen molar-refractivity contribution in [2.45, 2.75) is 18.1 Å². The van der Waals surface area contributed by atoms with Gasteiger partial charge in [-0.25, -0.2) is 0 Å². The van der Waals surface area contributed by atoms with Crippen molar-refractivity contribution in [1.82, 2.24) is 14.8 Å². The lowest BCUT2D eigenvalue weighted by atomic mass is 10.1. The lowest BCUT2D eigenvalue weighted by molar-refractivity contribution is -0.121. The summed E-state index contributed by atoms with van der Waals surface area (Å²) in [4.78, 5) is 26.5. The first-order chi connectivity index (χ1) is 15.5. The van der Waals surface area contributed by atoms with Gasteiger partial charge in [0.05, 0.1) is 29.1 Å². The summed E-state index contributed by atoms with van der Waals surface area (Å²) in [5.41, 5.74) is 1.83. The number of para-hydroxylation sites is 2. The molecule has 10 heteroatoms. The van der Waals surface area contributed by atoms with Crippen molar-refractivity contribution in [2.24, 2.45) is 7.05 Å². The van der Waals surface area contributed by atoms with E-state index in [1.807, 2.05) is 44.3 Å². The number of benzene rings is 2.